The minimum atomic E-state index is -0.0217. The summed E-state index contributed by atoms with van der Waals surface area (Å²) >= 11 is 0. The first kappa shape index (κ1) is 19.6. The van der Waals surface area contributed by atoms with Crippen LogP contribution in [-0.4, -0.2) is 54.8 Å². The first-order valence-electron chi connectivity index (χ1n) is 11.1. The van der Waals surface area contributed by atoms with Crippen molar-refractivity contribution in [3.8, 4) is 5.75 Å². The maximum absolute atomic E-state index is 13.6. The quantitative estimate of drug-likeness (QED) is 0.823. The summed E-state index contributed by atoms with van der Waals surface area (Å²) in [6.07, 6.45) is 5.20. The Morgan fingerprint density at radius 3 is 2.60 bits per heavy atom. The lowest BCUT2D eigenvalue weighted by Gasteiger charge is -2.59. The second-order valence-electron chi connectivity index (χ2n) is 8.87. The molecule has 3 aliphatic rings. The fourth-order valence-electron chi connectivity index (χ4n) is 5.89. The lowest BCUT2D eigenvalue weighted by molar-refractivity contribution is -0.0513. The van der Waals surface area contributed by atoms with Crippen LogP contribution in [0.15, 0.2) is 48.5 Å². The van der Waals surface area contributed by atoms with Crippen LogP contribution in [0, 0.1) is 5.92 Å². The Labute approximate surface area is 178 Å². The predicted octanol–water partition coefficient (Wildman–Crippen LogP) is 3.67. The van der Waals surface area contributed by atoms with Crippen LogP contribution in [0.2, 0.25) is 0 Å². The molecule has 30 heavy (non-hydrogen) atoms. The molecule has 0 bridgehead atoms. The van der Waals surface area contributed by atoms with Crippen LogP contribution in [-0.2, 0) is 0 Å². The number of hydrogen-bond donors (Lipinski definition) is 1. The molecule has 1 amide bonds. The number of aliphatic hydroxyl groups is 1. The van der Waals surface area contributed by atoms with Crippen molar-refractivity contribution in [2.45, 2.75) is 43.7 Å². The molecule has 0 aromatic heterocycles. The first-order chi connectivity index (χ1) is 14.7. The highest BCUT2D eigenvalue weighted by Crippen LogP contribution is 2.49. The lowest BCUT2D eigenvalue weighted by atomic mass is 9.71. The van der Waals surface area contributed by atoms with Gasteiger partial charge in [-0.25, -0.2) is 0 Å². The van der Waals surface area contributed by atoms with Crippen molar-refractivity contribution in [1.29, 1.82) is 0 Å². The monoisotopic (exact) mass is 406 g/mol. The molecule has 0 radical (unpaired) electrons. The van der Waals surface area contributed by atoms with Crippen molar-refractivity contribution in [2.24, 2.45) is 5.92 Å². The fourth-order valence-corrected chi connectivity index (χ4v) is 5.89. The lowest BCUT2D eigenvalue weighted by Crippen LogP contribution is -2.69. The van der Waals surface area contributed by atoms with E-state index in [-0.39, 0.29) is 30.5 Å². The normalized spacial score (nSPS) is 26.1. The Hall–Kier alpha value is -2.37. The summed E-state index contributed by atoms with van der Waals surface area (Å²) in [6.45, 7) is 1.86. The average molecular weight is 407 g/mol. The van der Waals surface area contributed by atoms with Crippen LogP contribution in [0.3, 0.4) is 0 Å². The minimum Gasteiger partial charge on any atom is -0.496 e. The van der Waals surface area contributed by atoms with Gasteiger partial charge < -0.3 is 14.7 Å². The van der Waals surface area contributed by atoms with Gasteiger partial charge in [-0.05, 0) is 42.5 Å². The molecule has 0 spiro atoms. The third-order valence-electron chi connectivity index (χ3n) is 7.35. The van der Waals surface area contributed by atoms with Crippen molar-refractivity contribution in [3.05, 3.63) is 59.7 Å². The second kappa shape index (κ2) is 8.05. The van der Waals surface area contributed by atoms with Crippen LogP contribution in [0.5, 0.6) is 5.75 Å². The Morgan fingerprint density at radius 2 is 1.83 bits per heavy atom. The average Bonchev–Trinajstić information content (AvgIpc) is 3.30. The van der Waals surface area contributed by atoms with Crippen molar-refractivity contribution < 1.29 is 14.6 Å². The minimum absolute atomic E-state index is 0.0217. The number of aliphatic hydroxyl groups excluding tert-OH is 1. The molecular formula is C25H30N2O3. The summed E-state index contributed by atoms with van der Waals surface area (Å²) in [5, 5.41) is 10.2. The molecule has 5 rings (SSSR count). The molecule has 1 saturated heterocycles. The second-order valence-corrected chi connectivity index (χ2v) is 8.87. The van der Waals surface area contributed by atoms with Crippen LogP contribution >= 0.6 is 0 Å². The first-order valence-corrected chi connectivity index (χ1v) is 11.1. The van der Waals surface area contributed by atoms with Gasteiger partial charge in [0.2, 0.25) is 0 Å². The largest absolute Gasteiger partial charge is 0.496 e. The molecule has 2 aromatic rings. The van der Waals surface area contributed by atoms with E-state index in [0.717, 1.165) is 18.2 Å². The molecule has 2 aromatic carbocycles. The summed E-state index contributed by atoms with van der Waals surface area (Å²) in [5.74, 6) is 1.59. The van der Waals surface area contributed by atoms with Crippen molar-refractivity contribution in [1.82, 2.24) is 4.90 Å². The molecule has 1 saturated carbocycles. The number of carbonyl (C=O) groups is 1. The molecule has 0 unspecified atom stereocenters. The highest BCUT2D eigenvalue weighted by molar-refractivity contribution is 6.08. The van der Waals surface area contributed by atoms with E-state index >= 15 is 0 Å². The van der Waals surface area contributed by atoms with Crippen LogP contribution < -0.4 is 9.64 Å². The van der Waals surface area contributed by atoms with E-state index in [1.807, 2.05) is 47.4 Å². The maximum Gasteiger partial charge on any atom is 0.262 e. The van der Waals surface area contributed by atoms with Gasteiger partial charge in [-0.15, -0.1) is 0 Å². The standard InChI is InChI=1S/C25H30N2O3/c1-30-23-13-7-5-11-19(23)25(29)27-15-21-24(18-10-4-6-12-20(18)27)22(16-28)26(21)14-17-8-2-3-9-17/h4-7,10-13,17,21-22,24,28H,2-3,8-9,14-16H2,1H3/t21-,22+,24+/m0/s1. The fraction of sp³-hybridized carbons (Fsp3) is 0.480. The van der Waals surface area contributed by atoms with Crippen molar-refractivity contribution in [2.75, 3.05) is 31.7 Å². The molecular weight excluding hydrogens is 376 g/mol. The van der Waals surface area contributed by atoms with Crippen molar-refractivity contribution in [3.63, 3.8) is 0 Å². The van der Waals surface area contributed by atoms with Gasteiger partial charge in [0, 0.05) is 36.8 Å². The molecule has 2 fully saturated rings. The van der Waals surface area contributed by atoms with Gasteiger partial charge in [-0.2, -0.15) is 0 Å². The molecule has 5 heteroatoms. The number of hydrogen-bond acceptors (Lipinski definition) is 4. The number of benzene rings is 2. The molecule has 1 aliphatic carbocycles. The number of para-hydroxylation sites is 2. The number of carbonyl (C=O) groups excluding carboxylic acids is 1. The summed E-state index contributed by atoms with van der Waals surface area (Å²) < 4.78 is 5.46. The molecule has 5 nitrogen and oxygen atoms in total. The zero-order chi connectivity index (χ0) is 20.7. The van der Waals surface area contributed by atoms with Gasteiger partial charge in [-0.1, -0.05) is 43.2 Å². The van der Waals surface area contributed by atoms with Crippen LogP contribution in [0.4, 0.5) is 5.69 Å². The number of nitrogens with zero attached hydrogens (tertiary/aromatic N) is 2. The molecule has 158 valence electrons. The van der Waals surface area contributed by atoms with Gasteiger partial charge in [0.15, 0.2) is 0 Å². The topological polar surface area (TPSA) is 53.0 Å². The van der Waals surface area contributed by atoms with E-state index in [9.17, 15) is 9.90 Å². The van der Waals surface area contributed by atoms with Gasteiger partial charge in [0.1, 0.15) is 5.75 Å². The van der Waals surface area contributed by atoms with E-state index in [4.69, 9.17) is 4.74 Å². The zero-order valence-electron chi connectivity index (χ0n) is 17.5. The summed E-state index contributed by atoms with van der Waals surface area (Å²) in [5.41, 5.74) is 2.74. The predicted molar refractivity (Wildman–Crippen MR) is 117 cm³/mol. The maximum atomic E-state index is 13.6. The zero-order valence-corrected chi connectivity index (χ0v) is 17.5. The van der Waals surface area contributed by atoms with E-state index in [1.54, 1.807) is 7.11 Å². The molecule has 2 aliphatic heterocycles. The highest BCUT2D eigenvalue weighted by atomic mass is 16.5. The Morgan fingerprint density at radius 1 is 1.10 bits per heavy atom. The number of likely N-dealkylation sites (tertiary alicyclic amines) is 1. The number of anilines is 1. The number of rotatable bonds is 5. The van der Waals surface area contributed by atoms with E-state index in [2.05, 4.69) is 11.0 Å². The number of ether oxygens (including phenoxy) is 1. The Bertz CT molecular complexity index is 924. The SMILES string of the molecule is COc1ccccc1C(=O)N1C[C@H]2[C@@H](c3ccccc31)[C@@H](CO)N2CC1CCCC1. The van der Waals surface area contributed by atoms with E-state index in [1.165, 1.54) is 31.2 Å². The van der Waals surface area contributed by atoms with Crippen molar-refractivity contribution >= 4 is 11.6 Å². The summed E-state index contributed by atoms with van der Waals surface area (Å²) in [6, 6.07) is 16.1. The van der Waals surface area contributed by atoms with Gasteiger partial charge in [0.05, 0.1) is 19.3 Å². The third kappa shape index (κ3) is 3.12. The van der Waals surface area contributed by atoms with E-state index in [0.29, 0.717) is 17.9 Å². The molecule has 1 N–H and O–H groups in total. The van der Waals surface area contributed by atoms with Gasteiger partial charge >= 0.3 is 0 Å². The number of methoxy groups -OCH3 is 1. The summed E-state index contributed by atoms with van der Waals surface area (Å²) in [4.78, 5) is 18.0. The smallest absolute Gasteiger partial charge is 0.262 e. The number of amides is 1. The Kier molecular flexibility index (Phi) is 5.25. The Balaban J connectivity index is 1.49. The van der Waals surface area contributed by atoms with Crippen LogP contribution in [0.25, 0.3) is 0 Å². The van der Waals surface area contributed by atoms with Gasteiger partial charge in [0.25, 0.3) is 5.91 Å². The van der Waals surface area contributed by atoms with E-state index < -0.39 is 0 Å². The van der Waals surface area contributed by atoms with Gasteiger partial charge in [-0.3, -0.25) is 9.69 Å². The third-order valence-corrected chi connectivity index (χ3v) is 7.35. The summed E-state index contributed by atoms with van der Waals surface area (Å²) in [7, 11) is 1.60. The highest BCUT2D eigenvalue weighted by Gasteiger charge is 2.53. The molecule has 2 heterocycles. The van der Waals surface area contributed by atoms with Crippen LogP contribution in [0.1, 0.15) is 47.5 Å². The molecule has 3 atom stereocenters. The number of fused-ring (bicyclic) bond motifs is 3.